The van der Waals surface area contributed by atoms with Crippen LogP contribution >= 0.6 is 0 Å². The van der Waals surface area contributed by atoms with Crippen LogP contribution in [-0.2, 0) is 0 Å². The minimum atomic E-state index is -0.301. The van der Waals surface area contributed by atoms with Gasteiger partial charge < -0.3 is 15.1 Å². The number of hydrogen-bond acceptors (Lipinski definition) is 5. The first-order chi connectivity index (χ1) is 14.1. The summed E-state index contributed by atoms with van der Waals surface area (Å²) >= 11 is 0. The van der Waals surface area contributed by atoms with Crippen LogP contribution in [0.25, 0.3) is 0 Å². The summed E-state index contributed by atoms with van der Waals surface area (Å²) in [6.07, 6.45) is 2.99. The van der Waals surface area contributed by atoms with Crippen molar-refractivity contribution in [3.8, 4) is 0 Å². The third kappa shape index (κ3) is 4.51. The van der Waals surface area contributed by atoms with Crippen molar-refractivity contribution >= 4 is 23.1 Å². The monoisotopic (exact) mass is 391 g/mol. The maximum Gasteiger partial charge on any atom is 0.274 e. The smallest absolute Gasteiger partial charge is 0.274 e. The van der Waals surface area contributed by atoms with E-state index in [1.54, 1.807) is 12.1 Å². The Balaban J connectivity index is 1.35. The number of nitrogens with one attached hydrogen (secondary N) is 1. The van der Waals surface area contributed by atoms with E-state index in [0.717, 1.165) is 13.1 Å². The number of hydrogen-bond donors (Lipinski definition) is 1. The quantitative estimate of drug-likeness (QED) is 0.736. The molecule has 1 aliphatic rings. The molecule has 0 spiro atoms. The largest absolute Gasteiger partial charge is 0.368 e. The van der Waals surface area contributed by atoms with Gasteiger partial charge in [0.2, 0.25) is 0 Å². The first kappa shape index (κ1) is 18.9. The van der Waals surface area contributed by atoms with E-state index in [-0.39, 0.29) is 11.7 Å². The van der Waals surface area contributed by atoms with E-state index in [1.807, 2.05) is 4.90 Å². The third-order valence-corrected chi connectivity index (χ3v) is 4.92. The van der Waals surface area contributed by atoms with Crippen molar-refractivity contribution in [1.29, 1.82) is 0 Å². The van der Waals surface area contributed by atoms with Gasteiger partial charge in [0.1, 0.15) is 17.3 Å². The van der Waals surface area contributed by atoms with Gasteiger partial charge in [-0.2, -0.15) is 0 Å². The summed E-state index contributed by atoms with van der Waals surface area (Å²) in [5, 5.41) is 3.03. The summed E-state index contributed by atoms with van der Waals surface area (Å²) < 4.78 is 13.0. The molecule has 0 unspecified atom stereocenters. The second-order valence-corrected chi connectivity index (χ2v) is 7.04. The Morgan fingerprint density at radius 1 is 1.00 bits per heavy atom. The molecule has 1 aromatic heterocycles. The van der Waals surface area contributed by atoms with E-state index in [1.165, 1.54) is 35.8 Å². The number of nitrogens with zero attached hydrogens (tertiary/aromatic N) is 4. The Morgan fingerprint density at radius 2 is 1.76 bits per heavy atom. The molecule has 148 valence electrons. The van der Waals surface area contributed by atoms with E-state index in [4.69, 9.17) is 0 Å². The van der Waals surface area contributed by atoms with Gasteiger partial charge in [-0.25, -0.2) is 14.4 Å². The maximum atomic E-state index is 13.0. The molecule has 3 aromatic rings. The number of piperazine rings is 1. The average Bonchev–Trinajstić information content (AvgIpc) is 2.75. The number of aryl methyl sites for hydroxylation is 1. The SMILES string of the molecule is Cc1cccc(N2CCN(C(=O)c3cnc(Nc4ccc(F)cc4)cn3)CC2)c1. The number of rotatable bonds is 4. The molecule has 0 saturated carbocycles. The van der Waals surface area contributed by atoms with Crippen molar-refractivity contribution < 1.29 is 9.18 Å². The van der Waals surface area contributed by atoms with Gasteiger partial charge >= 0.3 is 0 Å². The molecule has 1 amide bonds. The molecule has 0 bridgehead atoms. The second kappa shape index (κ2) is 8.26. The van der Waals surface area contributed by atoms with Crippen LogP contribution in [0.4, 0.5) is 21.6 Å². The summed E-state index contributed by atoms with van der Waals surface area (Å²) in [6, 6.07) is 14.4. The maximum absolute atomic E-state index is 13.0. The van der Waals surface area contributed by atoms with Crippen molar-refractivity contribution in [2.24, 2.45) is 0 Å². The van der Waals surface area contributed by atoms with Crippen LogP contribution in [0.2, 0.25) is 0 Å². The molecule has 1 aliphatic heterocycles. The molecule has 1 fully saturated rings. The molecule has 7 heteroatoms. The highest BCUT2D eigenvalue weighted by Crippen LogP contribution is 2.19. The number of anilines is 3. The van der Waals surface area contributed by atoms with Crippen LogP contribution < -0.4 is 10.2 Å². The summed E-state index contributed by atoms with van der Waals surface area (Å²) in [4.78, 5) is 25.4. The average molecular weight is 391 g/mol. The Labute approximate surface area is 169 Å². The lowest BCUT2D eigenvalue weighted by atomic mass is 10.2. The topological polar surface area (TPSA) is 61.4 Å². The van der Waals surface area contributed by atoms with Crippen molar-refractivity contribution in [1.82, 2.24) is 14.9 Å². The Hall–Kier alpha value is -3.48. The predicted octanol–water partition coefficient (Wildman–Crippen LogP) is 3.63. The number of halogens is 1. The first-order valence-corrected chi connectivity index (χ1v) is 9.54. The molecule has 0 atom stereocenters. The number of carbonyl (C=O) groups excluding carboxylic acids is 1. The predicted molar refractivity (Wildman–Crippen MR) is 111 cm³/mol. The van der Waals surface area contributed by atoms with Crippen LogP contribution in [0.15, 0.2) is 60.9 Å². The molecule has 0 aliphatic carbocycles. The summed E-state index contributed by atoms with van der Waals surface area (Å²) in [7, 11) is 0. The summed E-state index contributed by atoms with van der Waals surface area (Å²) in [5.41, 5.74) is 3.43. The van der Waals surface area contributed by atoms with Crippen molar-refractivity contribution in [3.63, 3.8) is 0 Å². The third-order valence-electron chi connectivity index (χ3n) is 4.92. The first-order valence-electron chi connectivity index (χ1n) is 9.54. The molecule has 6 nitrogen and oxygen atoms in total. The van der Waals surface area contributed by atoms with Crippen molar-refractivity contribution in [2.45, 2.75) is 6.92 Å². The van der Waals surface area contributed by atoms with Gasteiger partial charge in [0, 0.05) is 37.6 Å². The van der Waals surface area contributed by atoms with Gasteiger partial charge in [-0.05, 0) is 48.9 Å². The lowest BCUT2D eigenvalue weighted by molar-refractivity contribution is 0.0740. The molecule has 1 saturated heterocycles. The fourth-order valence-electron chi connectivity index (χ4n) is 3.34. The molecule has 2 aromatic carbocycles. The van der Waals surface area contributed by atoms with Crippen LogP contribution in [0.3, 0.4) is 0 Å². The van der Waals surface area contributed by atoms with E-state index < -0.39 is 0 Å². The molecule has 4 rings (SSSR count). The van der Waals surface area contributed by atoms with Crippen LogP contribution in [-0.4, -0.2) is 47.0 Å². The summed E-state index contributed by atoms with van der Waals surface area (Å²) in [6.45, 7) is 4.93. The zero-order valence-electron chi connectivity index (χ0n) is 16.2. The minimum absolute atomic E-state index is 0.116. The highest BCUT2D eigenvalue weighted by Gasteiger charge is 2.23. The van der Waals surface area contributed by atoms with Crippen LogP contribution in [0.1, 0.15) is 16.1 Å². The normalized spacial score (nSPS) is 14.0. The Bertz CT molecular complexity index is 983. The molecule has 0 radical (unpaired) electrons. The number of carbonyl (C=O) groups is 1. The zero-order valence-corrected chi connectivity index (χ0v) is 16.2. The highest BCUT2D eigenvalue weighted by atomic mass is 19.1. The molecule has 2 heterocycles. The minimum Gasteiger partial charge on any atom is -0.368 e. The Morgan fingerprint density at radius 3 is 2.41 bits per heavy atom. The number of aromatic nitrogens is 2. The van der Waals surface area contributed by atoms with E-state index in [0.29, 0.717) is 30.3 Å². The van der Waals surface area contributed by atoms with E-state index >= 15 is 0 Å². The summed E-state index contributed by atoms with van der Waals surface area (Å²) in [5.74, 6) is 0.0808. The van der Waals surface area contributed by atoms with Gasteiger partial charge in [0.15, 0.2) is 0 Å². The number of amides is 1. The fraction of sp³-hybridized carbons (Fsp3) is 0.227. The highest BCUT2D eigenvalue weighted by molar-refractivity contribution is 5.92. The van der Waals surface area contributed by atoms with Gasteiger partial charge in [-0.15, -0.1) is 0 Å². The van der Waals surface area contributed by atoms with Gasteiger partial charge in [0.25, 0.3) is 5.91 Å². The molecular weight excluding hydrogens is 369 g/mol. The molecule has 29 heavy (non-hydrogen) atoms. The zero-order chi connectivity index (χ0) is 20.2. The fourth-order valence-corrected chi connectivity index (χ4v) is 3.34. The lowest BCUT2D eigenvalue weighted by Gasteiger charge is -2.36. The van der Waals surface area contributed by atoms with Gasteiger partial charge in [-0.1, -0.05) is 12.1 Å². The lowest BCUT2D eigenvalue weighted by Crippen LogP contribution is -2.49. The van der Waals surface area contributed by atoms with Gasteiger partial charge in [0.05, 0.1) is 12.4 Å². The van der Waals surface area contributed by atoms with Crippen molar-refractivity contribution in [3.05, 3.63) is 78.0 Å². The second-order valence-electron chi connectivity index (χ2n) is 7.04. The number of benzene rings is 2. The Kier molecular flexibility index (Phi) is 5.37. The van der Waals surface area contributed by atoms with Crippen LogP contribution in [0.5, 0.6) is 0 Å². The molecule has 1 N–H and O–H groups in total. The van der Waals surface area contributed by atoms with Gasteiger partial charge in [-0.3, -0.25) is 4.79 Å². The van der Waals surface area contributed by atoms with E-state index in [9.17, 15) is 9.18 Å². The van der Waals surface area contributed by atoms with Crippen molar-refractivity contribution in [2.75, 3.05) is 36.4 Å². The van der Waals surface area contributed by atoms with E-state index in [2.05, 4.69) is 51.4 Å². The molecular formula is C22H22FN5O. The standard InChI is InChI=1S/C22H22FN5O/c1-16-3-2-4-19(13-16)27-9-11-28(12-10-27)22(29)20-14-25-21(15-24-20)26-18-7-5-17(23)6-8-18/h2-8,13-15H,9-12H2,1H3,(H,25,26). The van der Waals surface area contributed by atoms with Crippen LogP contribution in [0, 0.1) is 12.7 Å².